The molecule has 4 aromatic carbocycles. The molecule has 0 aromatic heterocycles. The van der Waals surface area contributed by atoms with Crippen molar-refractivity contribution in [1.82, 2.24) is 0 Å². The monoisotopic (exact) mass is 452 g/mol. The summed E-state index contributed by atoms with van der Waals surface area (Å²) in [6.45, 7) is 1.27. The lowest BCUT2D eigenvalue weighted by molar-refractivity contribution is 0.0628. The van der Waals surface area contributed by atoms with E-state index in [1.54, 1.807) is 0 Å². The number of fused-ring (bicyclic) bond motifs is 6. The predicted octanol–water partition coefficient (Wildman–Crippen LogP) is 5.62. The third-order valence-corrected chi connectivity index (χ3v) is 6.18. The number of hydrogen-bond acceptors (Lipinski definition) is 5. The molecule has 34 heavy (non-hydrogen) atoms. The molecule has 6 rings (SSSR count). The summed E-state index contributed by atoms with van der Waals surface area (Å²) in [4.78, 5) is 0. The van der Waals surface area contributed by atoms with Gasteiger partial charge in [-0.3, -0.25) is 0 Å². The van der Waals surface area contributed by atoms with E-state index in [0.717, 1.165) is 44.9 Å². The fourth-order valence-electron chi connectivity index (χ4n) is 4.55. The Morgan fingerprint density at radius 2 is 1.09 bits per heavy atom. The van der Waals surface area contributed by atoms with E-state index < -0.39 is 6.10 Å². The first-order valence-corrected chi connectivity index (χ1v) is 11.4. The minimum absolute atomic E-state index is 0.0979. The fraction of sp³-hybridized carbons (Fsp3) is 0.172. The Kier molecular flexibility index (Phi) is 5.32. The van der Waals surface area contributed by atoms with Crippen molar-refractivity contribution < 1.29 is 24.1 Å². The number of ether oxygens (including phenoxy) is 4. The van der Waals surface area contributed by atoms with E-state index in [0.29, 0.717) is 24.7 Å². The first-order valence-electron chi connectivity index (χ1n) is 11.4. The normalized spacial score (nSPS) is 13.0. The molecular weight excluding hydrogens is 428 g/mol. The molecule has 0 aliphatic carbocycles. The van der Waals surface area contributed by atoms with Gasteiger partial charge in [0.25, 0.3) is 0 Å². The lowest BCUT2D eigenvalue weighted by Crippen LogP contribution is -2.25. The second-order valence-corrected chi connectivity index (χ2v) is 8.43. The van der Waals surface area contributed by atoms with Crippen molar-refractivity contribution in [3.63, 3.8) is 0 Å². The molecule has 2 aliphatic heterocycles. The third-order valence-electron chi connectivity index (χ3n) is 6.18. The van der Waals surface area contributed by atoms with Gasteiger partial charge in [-0.15, -0.1) is 0 Å². The molecule has 0 unspecified atom stereocenters. The second-order valence-electron chi connectivity index (χ2n) is 8.43. The van der Waals surface area contributed by atoms with Crippen molar-refractivity contribution in [2.45, 2.75) is 19.3 Å². The van der Waals surface area contributed by atoms with Crippen LogP contribution in [0.5, 0.6) is 23.0 Å². The lowest BCUT2D eigenvalue weighted by atomic mass is 9.96. The van der Waals surface area contributed by atoms with Gasteiger partial charge in [-0.1, -0.05) is 60.7 Å². The largest absolute Gasteiger partial charge is 0.490 e. The Hall–Kier alpha value is -3.96. The maximum Gasteiger partial charge on any atom is 0.131 e. The van der Waals surface area contributed by atoms with Gasteiger partial charge in [-0.25, -0.2) is 0 Å². The van der Waals surface area contributed by atoms with Gasteiger partial charge < -0.3 is 24.1 Å². The maximum absolute atomic E-state index is 10.7. The molecule has 2 heterocycles. The van der Waals surface area contributed by atoms with Crippen LogP contribution < -0.4 is 18.9 Å². The summed E-state index contributed by atoms with van der Waals surface area (Å²) in [5.74, 6) is 2.94. The number of hydrogen-bond donors (Lipinski definition) is 1. The molecule has 0 amide bonds. The minimum atomic E-state index is -0.814. The van der Waals surface area contributed by atoms with E-state index in [1.807, 2.05) is 60.7 Å². The summed E-state index contributed by atoms with van der Waals surface area (Å²) in [7, 11) is 0. The third kappa shape index (κ3) is 3.74. The van der Waals surface area contributed by atoms with Crippen molar-refractivity contribution in [2.24, 2.45) is 0 Å². The molecule has 4 aromatic rings. The summed E-state index contributed by atoms with van der Waals surface area (Å²) in [6.07, 6.45) is -0.814. The van der Waals surface area contributed by atoms with Gasteiger partial charge in [0.15, 0.2) is 0 Å². The first kappa shape index (κ1) is 20.6. The van der Waals surface area contributed by atoms with Crippen LogP contribution in [0, 0.1) is 0 Å². The zero-order chi connectivity index (χ0) is 22.9. The summed E-state index contributed by atoms with van der Waals surface area (Å²) in [5, 5.41) is 10.7. The van der Waals surface area contributed by atoms with Crippen molar-refractivity contribution >= 4 is 0 Å². The zero-order valence-corrected chi connectivity index (χ0v) is 18.6. The van der Waals surface area contributed by atoms with Crippen LogP contribution in [0.1, 0.15) is 11.1 Å². The molecule has 0 bridgehead atoms. The van der Waals surface area contributed by atoms with Gasteiger partial charge in [0.2, 0.25) is 0 Å². The molecule has 1 N–H and O–H groups in total. The van der Waals surface area contributed by atoms with Gasteiger partial charge in [0.05, 0.1) is 11.1 Å². The molecule has 0 atom stereocenters. The van der Waals surface area contributed by atoms with Crippen LogP contribution in [0.25, 0.3) is 22.3 Å². The molecule has 0 radical (unpaired) electrons. The summed E-state index contributed by atoms with van der Waals surface area (Å²) in [6, 6.07) is 27.8. The van der Waals surface area contributed by atoms with Crippen LogP contribution in [0.4, 0.5) is 0 Å². The summed E-state index contributed by atoms with van der Waals surface area (Å²) in [5.41, 5.74) is 6.27. The highest BCUT2D eigenvalue weighted by Gasteiger charge is 2.23. The van der Waals surface area contributed by atoms with E-state index in [9.17, 15) is 5.11 Å². The van der Waals surface area contributed by atoms with E-state index in [4.69, 9.17) is 18.9 Å². The standard InChI is InChI=1S/C29H24O5/c30-21(17-33-26-13-5-11-24-28(26)22-9-3-1-7-19(22)15-31-24)18-34-27-14-6-12-25-29(27)23-10-4-2-8-20(23)16-32-25/h1-14,21,30H,15-18H2. The average Bonchev–Trinajstić information content (AvgIpc) is 2.90. The number of rotatable bonds is 6. The molecule has 0 saturated heterocycles. The van der Waals surface area contributed by atoms with E-state index in [1.165, 1.54) is 0 Å². The van der Waals surface area contributed by atoms with Gasteiger partial charge in [0, 0.05) is 0 Å². The van der Waals surface area contributed by atoms with Crippen LogP contribution in [0.2, 0.25) is 0 Å². The highest BCUT2D eigenvalue weighted by Crippen LogP contribution is 2.44. The van der Waals surface area contributed by atoms with E-state index >= 15 is 0 Å². The van der Waals surface area contributed by atoms with Crippen molar-refractivity contribution in [1.29, 1.82) is 0 Å². The number of benzene rings is 4. The molecule has 170 valence electrons. The Labute approximate surface area is 198 Å². The first-order chi connectivity index (χ1) is 16.8. The maximum atomic E-state index is 10.7. The molecular formula is C29H24O5. The van der Waals surface area contributed by atoms with Crippen LogP contribution in [0.3, 0.4) is 0 Å². The minimum Gasteiger partial charge on any atom is -0.490 e. The number of aliphatic hydroxyl groups excluding tert-OH is 1. The molecule has 5 heteroatoms. The molecule has 0 fully saturated rings. The summed E-state index contributed by atoms with van der Waals surface area (Å²) < 4.78 is 23.9. The van der Waals surface area contributed by atoms with Gasteiger partial charge >= 0.3 is 0 Å². The van der Waals surface area contributed by atoms with E-state index in [2.05, 4.69) is 24.3 Å². The van der Waals surface area contributed by atoms with Crippen molar-refractivity contribution in [2.75, 3.05) is 13.2 Å². The highest BCUT2D eigenvalue weighted by atomic mass is 16.5. The lowest BCUT2D eigenvalue weighted by Gasteiger charge is -2.24. The Balaban J connectivity index is 1.17. The molecule has 5 nitrogen and oxygen atoms in total. The zero-order valence-electron chi connectivity index (χ0n) is 18.6. The fourth-order valence-corrected chi connectivity index (χ4v) is 4.55. The van der Waals surface area contributed by atoms with E-state index in [-0.39, 0.29) is 13.2 Å². The quantitative estimate of drug-likeness (QED) is 0.411. The van der Waals surface area contributed by atoms with Crippen LogP contribution in [0.15, 0.2) is 84.9 Å². The Morgan fingerprint density at radius 3 is 1.59 bits per heavy atom. The van der Waals surface area contributed by atoms with Gasteiger partial charge in [0.1, 0.15) is 55.5 Å². The highest BCUT2D eigenvalue weighted by molar-refractivity contribution is 5.81. The second kappa shape index (κ2) is 8.76. The van der Waals surface area contributed by atoms with Gasteiger partial charge in [-0.05, 0) is 46.5 Å². The SMILES string of the molecule is OC(COc1cccc2c1-c1ccccc1CO2)COc1cccc2c1-c1ccccc1CO2. The van der Waals surface area contributed by atoms with Crippen LogP contribution in [-0.4, -0.2) is 24.4 Å². The predicted molar refractivity (Wildman–Crippen MR) is 129 cm³/mol. The smallest absolute Gasteiger partial charge is 0.131 e. The van der Waals surface area contributed by atoms with Crippen molar-refractivity contribution in [3.05, 3.63) is 96.1 Å². The van der Waals surface area contributed by atoms with Crippen LogP contribution >= 0.6 is 0 Å². The average molecular weight is 453 g/mol. The van der Waals surface area contributed by atoms with Gasteiger partial charge in [-0.2, -0.15) is 0 Å². The number of aliphatic hydroxyl groups is 1. The molecule has 0 saturated carbocycles. The van der Waals surface area contributed by atoms with Crippen molar-refractivity contribution in [3.8, 4) is 45.3 Å². The molecule has 2 aliphatic rings. The Morgan fingerprint density at radius 1 is 0.618 bits per heavy atom. The Bertz CT molecular complexity index is 1240. The topological polar surface area (TPSA) is 57.2 Å². The molecule has 0 spiro atoms. The van der Waals surface area contributed by atoms with Crippen LogP contribution in [-0.2, 0) is 13.2 Å². The summed E-state index contributed by atoms with van der Waals surface area (Å²) >= 11 is 0.